The largest absolute Gasteiger partial charge is 0.381 e. The molecule has 0 saturated carbocycles. The lowest BCUT2D eigenvalue weighted by Crippen LogP contribution is -2.49. The molecule has 0 amide bonds. The summed E-state index contributed by atoms with van der Waals surface area (Å²) in [6.45, 7) is 3.14. The van der Waals surface area contributed by atoms with Crippen LogP contribution in [0.5, 0.6) is 0 Å². The van der Waals surface area contributed by atoms with Crippen molar-refractivity contribution in [1.82, 2.24) is 4.72 Å². The summed E-state index contributed by atoms with van der Waals surface area (Å²) in [6.07, 6.45) is 1.41. The molecule has 0 radical (unpaired) electrons. The number of nitrogens with one attached hydrogen (secondary N) is 1. The van der Waals surface area contributed by atoms with Crippen molar-refractivity contribution >= 4 is 10.0 Å². The van der Waals surface area contributed by atoms with Gasteiger partial charge in [-0.15, -0.1) is 0 Å². The zero-order valence-corrected chi connectivity index (χ0v) is 10.7. The molecule has 1 aliphatic rings. The van der Waals surface area contributed by atoms with Gasteiger partial charge in [-0.05, 0) is 31.9 Å². The van der Waals surface area contributed by atoms with Gasteiger partial charge in [-0.2, -0.15) is 0 Å². The Bertz CT molecular complexity index is 464. The van der Waals surface area contributed by atoms with E-state index in [1.54, 1.807) is 30.3 Å². The minimum atomic E-state index is -3.42. The molecule has 1 heterocycles. The molecule has 94 valence electrons. The van der Waals surface area contributed by atoms with E-state index in [4.69, 9.17) is 4.74 Å². The normalized spacial score (nSPS) is 20.1. The summed E-state index contributed by atoms with van der Waals surface area (Å²) in [5.74, 6) is 0. The number of benzene rings is 1. The minimum absolute atomic E-state index is 0.313. The molecule has 1 saturated heterocycles. The fourth-order valence-electron chi connectivity index (χ4n) is 1.91. The smallest absolute Gasteiger partial charge is 0.241 e. The van der Waals surface area contributed by atoms with Gasteiger partial charge in [0.05, 0.1) is 4.90 Å². The van der Waals surface area contributed by atoms with E-state index >= 15 is 0 Å². The van der Waals surface area contributed by atoms with E-state index in [9.17, 15) is 8.42 Å². The van der Waals surface area contributed by atoms with Crippen LogP contribution in [-0.4, -0.2) is 27.2 Å². The molecule has 0 aromatic heterocycles. The van der Waals surface area contributed by atoms with Gasteiger partial charge in [0.25, 0.3) is 0 Å². The Morgan fingerprint density at radius 2 is 1.76 bits per heavy atom. The molecule has 0 atom stereocenters. The summed E-state index contributed by atoms with van der Waals surface area (Å²) in [6, 6.07) is 8.45. The summed E-state index contributed by atoms with van der Waals surface area (Å²) in [5, 5.41) is 0. The van der Waals surface area contributed by atoms with Crippen LogP contribution in [0, 0.1) is 0 Å². The van der Waals surface area contributed by atoms with Gasteiger partial charge in [0.2, 0.25) is 10.0 Å². The minimum Gasteiger partial charge on any atom is -0.381 e. The number of hydrogen-bond donors (Lipinski definition) is 1. The molecule has 0 spiro atoms. The van der Waals surface area contributed by atoms with Crippen molar-refractivity contribution in [3.8, 4) is 0 Å². The zero-order valence-electron chi connectivity index (χ0n) is 9.85. The summed E-state index contributed by atoms with van der Waals surface area (Å²) < 4.78 is 32.3. The number of sulfonamides is 1. The second-order valence-corrected chi connectivity index (χ2v) is 6.27. The lowest BCUT2D eigenvalue weighted by atomic mass is 9.94. The first-order valence-electron chi connectivity index (χ1n) is 5.69. The lowest BCUT2D eigenvalue weighted by Gasteiger charge is -2.33. The maximum atomic E-state index is 12.2. The third kappa shape index (κ3) is 3.06. The van der Waals surface area contributed by atoms with Crippen molar-refractivity contribution in [3.05, 3.63) is 30.3 Å². The highest BCUT2D eigenvalue weighted by atomic mass is 32.2. The van der Waals surface area contributed by atoms with Crippen molar-refractivity contribution in [3.63, 3.8) is 0 Å². The fraction of sp³-hybridized carbons (Fsp3) is 0.500. The molecule has 1 aliphatic heterocycles. The van der Waals surface area contributed by atoms with Crippen LogP contribution in [0.2, 0.25) is 0 Å². The Hall–Kier alpha value is -0.910. The van der Waals surface area contributed by atoms with Crippen molar-refractivity contribution in [2.24, 2.45) is 0 Å². The highest BCUT2D eigenvalue weighted by Crippen LogP contribution is 2.22. The number of ether oxygens (including phenoxy) is 1. The van der Waals surface area contributed by atoms with Gasteiger partial charge >= 0.3 is 0 Å². The molecule has 1 aromatic rings. The van der Waals surface area contributed by atoms with E-state index in [1.165, 1.54) is 0 Å². The Labute approximate surface area is 102 Å². The van der Waals surface area contributed by atoms with Crippen LogP contribution in [0.1, 0.15) is 19.8 Å². The van der Waals surface area contributed by atoms with Crippen LogP contribution >= 0.6 is 0 Å². The number of rotatable bonds is 3. The Morgan fingerprint density at radius 3 is 2.35 bits per heavy atom. The predicted molar refractivity (Wildman–Crippen MR) is 65.2 cm³/mol. The Morgan fingerprint density at radius 1 is 1.18 bits per heavy atom. The lowest BCUT2D eigenvalue weighted by molar-refractivity contribution is 0.0537. The van der Waals surface area contributed by atoms with Crippen LogP contribution in [0.25, 0.3) is 0 Å². The second kappa shape index (κ2) is 4.76. The standard InChI is InChI=1S/C12H17NO3S/c1-12(7-9-16-10-8-12)13-17(14,15)11-5-3-2-4-6-11/h2-6,13H,7-10H2,1H3. The van der Waals surface area contributed by atoms with E-state index < -0.39 is 15.6 Å². The highest BCUT2D eigenvalue weighted by molar-refractivity contribution is 7.89. The van der Waals surface area contributed by atoms with Gasteiger partial charge in [0.15, 0.2) is 0 Å². The van der Waals surface area contributed by atoms with Crippen molar-refractivity contribution < 1.29 is 13.2 Å². The molecule has 5 heteroatoms. The summed E-state index contributed by atoms with van der Waals surface area (Å²) in [5.41, 5.74) is -0.396. The van der Waals surface area contributed by atoms with Crippen LogP contribution in [0.3, 0.4) is 0 Å². The fourth-order valence-corrected chi connectivity index (χ4v) is 3.39. The van der Waals surface area contributed by atoms with Crippen molar-refractivity contribution in [2.45, 2.75) is 30.2 Å². The molecule has 0 bridgehead atoms. The molecule has 2 rings (SSSR count). The SMILES string of the molecule is CC1(NS(=O)(=O)c2ccccc2)CCOCC1. The molecule has 0 aliphatic carbocycles. The van der Waals surface area contributed by atoms with Gasteiger partial charge in [0, 0.05) is 18.8 Å². The van der Waals surface area contributed by atoms with Crippen LogP contribution in [-0.2, 0) is 14.8 Å². The summed E-state index contributed by atoms with van der Waals surface area (Å²) in [7, 11) is -3.42. The molecule has 1 aromatic carbocycles. The van der Waals surface area contributed by atoms with Crippen molar-refractivity contribution in [2.75, 3.05) is 13.2 Å². The molecular weight excluding hydrogens is 238 g/mol. The average molecular weight is 255 g/mol. The van der Waals surface area contributed by atoms with Crippen LogP contribution in [0.15, 0.2) is 35.2 Å². The molecule has 1 fully saturated rings. The van der Waals surface area contributed by atoms with Gasteiger partial charge in [-0.25, -0.2) is 13.1 Å². The first kappa shape index (κ1) is 12.5. The van der Waals surface area contributed by atoms with E-state index in [0.29, 0.717) is 31.0 Å². The third-order valence-electron chi connectivity index (χ3n) is 3.03. The van der Waals surface area contributed by atoms with E-state index in [2.05, 4.69) is 4.72 Å². The van der Waals surface area contributed by atoms with Crippen molar-refractivity contribution in [1.29, 1.82) is 0 Å². The first-order valence-corrected chi connectivity index (χ1v) is 7.17. The van der Waals surface area contributed by atoms with Gasteiger partial charge in [-0.3, -0.25) is 0 Å². The summed E-state index contributed by atoms with van der Waals surface area (Å²) in [4.78, 5) is 0.313. The van der Waals surface area contributed by atoms with Crippen LogP contribution in [0.4, 0.5) is 0 Å². The maximum Gasteiger partial charge on any atom is 0.241 e. The van der Waals surface area contributed by atoms with E-state index in [0.717, 1.165) is 0 Å². The highest BCUT2D eigenvalue weighted by Gasteiger charge is 2.32. The topological polar surface area (TPSA) is 55.4 Å². The predicted octanol–water partition coefficient (Wildman–Crippen LogP) is 1.53. The van der Waals surface area contributed by atoms with E-state index in [1.807, 2.05) is 6.92 Å². The van der Waals surface area contributed by atoms with Crippen LogP contribution < -0.4 is 4.72 Å². The average Bonchev–Trinajstić information content (AvgIpc) is 2.30. The van der Waals surface area contributed by atoms with Gasteiger partial charge < -0.3 is 4.74 Å². The quantitative estimate of drug-likeness (QED) is 0.891. The third-order valence-corrected chi connectivity index (χ3v) is 4.68. The second-order valence-electron chi connectivity index (χ2n) is 4.59. The molecule has 17 heavy (non-hydrogen) atoms. The van der Waals surface area contributed by atoms with Gasteiger partial charge in [0.1, 0.15) is 0 Å². The molecule has 1 N–H and O–H groups in total. The first-order chi connectivity index (χ1) is 8.02. The molecular formula is C12H17NO3S. The molecule has 0 unspecified atom stereocenters. The maximum absolute atomic E-state index is 12.2. The number of hydrogen-bond acceptors (Lipinski definition) is 3. The summed E-state index contributed by atoms with van der Waals surface area (Å²) >= 11 is 0. The monoisotopic (exact) mass is 255 g/mol. The Balaban J connectivity index is 2.17. The van der Waals surface area contributed by atoms with E-state index in [-0.39, 0.29) is 0 Å². The zero-order chi connectivity index (χ0) is 12.4. The van der Waals surface area contributed by atoms with Gasteiger partial charge in [-0.1, -0.05) is 18.2 Å². The molecule has 4 nitrogen and oxygen atoms in total. The Kier molecular flexibility index (Phi) is 3.51.